The molecule has 0 saturated heterocycles. The molecule has 1 aromatic heterocycles. The van der Waals surface area contributed by atoms with E-state index in [1.165, 1.54) is 0 Å². The van der Waals surface area contributed by atoms with Crippen molar-refractivity contribution in [1.82, 2.24) is 0 Å². The first-order valence-electron chi connectivity index (χ1n) is 2.31. The lowest BCUT2D eigenvalue weighted by Gasteiger charge is -1.98. The predicted octanol–water partition coefficient (Wildman–Crippen LogP) is 3.06. The highest BCUT2D eigenvalue weighted by Gasteiger charge is 2.32. The molecule has 1 rings (SSSR count). The molecule has 0 aliphatic heterocycles. The minimum atomic E-state index is -4.31. The smallest absolute Gasteiger partial charge is 0.419 e. The Morgan fingerprint density at radius 1 is 1.40 bits per heavy atom. The number of alkyl halides is 3. The molecule has 0 unspecified atom stereocenters. The van der Waals surface area contributed by atoms with Crippen molar-refractivity contribution in [3.8, 4) is 0 Å². The zero-order chi connectivity index (χ0) is 7.78. The normalized spacial score (nSPS) is 12.0. The molecule has 1 nitrogen and oxygen atoms in total. The molecule has 0 N–H and O–H groups in total. The van der Waals surface area contributed by atoms with Gasteiger partial charge in [-0.25, -0.2) is 0 Å². The average Bonchev–Trinajstić information content (AvgIpc) is 2.11. The molecule has 5 heteroatoms. The van der Waals surface area contributed by atoms with Crippen LogP contribution in [0.4, 0.5) is 13.2 Å². The van der Waals surface area contributed by atoms with E-state index in [1.807, 2.05) is 0 Å². The quantitative estimate of drug-likeness (QED) is 0.648. The van der Waals surface area contributed by atoms with Crippen molar-refractivity contribution >= 4 is 15.9 Å². The van der Waals surface area contributed by atoms with Crippen LogP contribution in [-0.4, -0.2) is 0 Å². The molecule has 0 aliphatic carbocycles. The van der Waals surface area contributed by atoms with E-state index in [2.05, 4.69) is 20.3 Å². The van der Waals surface area contributed by atoms with Crippen molar-refractivity contribution in [3.63, 3.8) is 0 Å². The van der Waals surface area contributed by atoms with Gasteiger partial charge in [0.15, 0.2) is 4.67 Å². The lowest BCUT2D eigenvalue weighted by Crippen LogP contribution is -2.01. The predicted molar refractivity (Wildman–Crippen MR) is 31.4 cm³/mol. The summed E-state index contributed by atoms with van der Waals surface area (Å²) in [7, 11) is 0. The van der Waals surface area contributed by atoms with Crippen LogP contribution in [0.3, 0.4) is 0 Å². The standard InChI is InChI=1S/C5H2BrF3O/c6-4-1-3(2-10-4)5(7,8)9/h1-2H. The van der Waals surface area contributed by atoms with Crippen molar-refractivity contribution in [1.29, 1.82) is 0 Å². The number of hydrogen-bond acceptors (Lipinski definition) is 1. The Labute approximate surface area is 63.0 Å². The van der Waals surface area contributed by atoms with E-state index in [4.69, 9.17) is 0 Å². The van der Waals surface area contributed by atoms with E-state index in [1.54, 1.807) is 0 Å². The summed E-state index contributed by atoms with van der Waals surface area (Å²) in [5.41, 5.74) is -0.778. The molecule has 0 saturated carbocycles. The molecule has 56 valence electrons. The fourth-order valence-electron chi connectivity index (χ4n) is 0.459. The van der Waals surface area contributed by atoms with Crippen LogP contribution in [-0.2, 0) is 6.18 Å². The average molecular weight is 215 g/mol. The molecule has 10 heavy (non-hydrogen) atoms. The Hall–Kier alpha value is -0.450. The Morgan fingerprint density at radius 2 is 2.00 bits per heavy atom. The van der Waals surface area contributed by atoms with Gasteiger partial charge in [0, 0.05) is 6.07 Å². The minimum Gasteiger partial charge on any atom is -0.457 e. The monoisotopic (exact) mass is 214 g/mol. The van der Waals surface area contributed by atoms with E-state index >= 15 is 0 Å². The molecule has 0 radical (unpaired) electrons. The molecular formula is C5H2BrF3O. The van der Waals surface area contributed by atoms with Crippen molar-refractivity contribution in [2.75, 3.05) is 0 Å². The van der Waals surface area contributed by atoms with Gasteiger partial charge in [-0.2, -0.15) is 13.2 Å². The summed E-state index contributed by atoms with van der Waals surface area (Å²) >= 11 is 2.76. The SMILES string of the molecule is FC(F)(F)c1coc(Br)c1. The zero-order valence-electron chi connectivity index (χ0n) is 4.57. The topological polar surface area (TPSA) is 13.1 Å². The third-order valence-electron chi connectivity index (χ3n) is 0.895. The molecule has 0 atom stereocenters. The lowest BCUT2D eigenvalue weighted by atomic mass is 10.3. The number of hydrogen-bond donors (Lipinski definition) is 0. The lowest BCUT2D eigenvalue weighted by molar-refractivity contribution is -0.137. The van der Waals surface area contributed by atoms with Crippen LogP contribution in [0.25, 0.3) is 0 Å². The molecule has 0 aliphatic rings. The Kier molecular flexibility index (Phi) is 1.76. The minimum absolute atomic E-state index is 0.0832. The van der Waals surface area contributed by atoms with Crippen molar-refractivity contribution in [2.45, 2.75) is 6.18 Å². The maximum absolute atomic E-state index is 11.7. The second-order valence-corrected chi connectivity index (χ2v) is 2.42. The van der Waals surface area contributed by atoms with Gasteiger partial charge in [0.1, 0.15) is 6.26 Å². The summed E-state index contributed by atoms with van der Waals surface area (Å²) in [5.74, 6) is 0. The van der Waals surface area contributed by atoms with Crippen LogP contribution in [0.2, 0.25) is 0 Å². The third kappa shape index (κ3) is 1.53. The molecule has 0 fully saturated rings. The fraction of sp³-hybridized carbons (Fsp3) is 0.200. The molecular weight excluding hydrogens is 213 g/mol. The molecule has 0 spiro atoms. The summed E-state index contributed by atoms with van der Waals surface area (Å²) in [6.07, 6.45) is -3.65. The van der Waals surface area contributed by atoms with Gasteiger partial charge in [-0.1, -0.05) is 0 Å². The zero-order valence-corrected chi connectivity index (χ0v) is 6.16. The largest absolute Gasteiger partial charge is 0.457 e. The van der Waals surface area contributed by atoms with Crippen LogP contribution < -0.4 is 0 Å². The van der Waals surface area contributed by atoms with E-state index in [0.29, 0.717) is 6.26 Å². The van der Waals surface area contributed by atoms with Gasteiger partial charge in [-0.05, 0) is 15.9 Å². The molecule has 0 bridgehead atoms. The highest BCUT2D eigenvalue weighted by Crippen LogP contribution is 2.31. The summed E-state index contributed by atoms with van der Waals surface area (Å²) < 4.78 is 39.6. The van der Waals surface area contributed by atoms with Gasteiger partial charge in [0.25, 0.3) is 0 Å². The summed E-state index contributed by atoms with van der Waals surface area (Å²) in [4.78, 5) is 0. The van der Waals surface area contributed by atoms with Gasteiger partial charge in [-0.3, -0.25) is 0 Å². The molecule has 1 aromatic rings. The first-order valence-corrected chi connectivity index (χ1v) is 3.10. The number of rotatable bonds is 0. The van der Waals surface area contributed by atoms with Crippen LogP contribution >= 0.6 is 15.9 Å². The number of halogens is 4. The molecule has 0 amide bonds. The Morgan fingerprint density at radius 3 is 2.20 bits per heavy atom. The van der Waals surface area contributed by atoms with Crippen LogP contribution in [0.15, 0.2) is 21.4 Å². The highest BCUT2D eigenvalue weighted by molar-refractivity contribution is 9.10. The van der Waals surface area contributed by atoms with E-state index in [9.17, 15) is 13.2 Å². The first-order chi connectivity index (χ1) is 4.50. The first kappa shape index (κ1) is 7.65. The van der Waals surface area contributed by atoms with Crippen molar-refractivity contribution in [2.24, 2.45) is 0 Å². The van der Waals surface area contributed by atoms with Gasteiger partial charge in [-0.15, -0.1) is 0 Å². The molecule has 1 heterocycles. The van der Waals surface area contributed by atoms with Gasteiger partial charge >= 0.3 is 6.18 Å². The Bertz CT molecular complexity index is 227. The van der Waals surface area contributed by atoms with Gasteiger partial charge in [0.05, 0.1) is 5.56 Å². The maximum atomic E-state index is 11.7. The van der Waals surface area contributed by atoms with E-state index in [-0.39, 0.29) is 4.67 Å². The second-order valence-electron chi connectivity index (χ2n) is 1.64. The van der Waals surface area contributed by atoms with Crippen LogP contribution in [0.5, 0.6) is 0 Å². The van der Waals surface area contributed by atoms with Crippen molar-refractivity contribution in [3.05, 3.63) is 22.6 Å². The second kappa shape index (κ2) is 2.30. The third-order valence-corrected chi connectivity index (χ3v) is 1.31. The Balaban J connectivity index is 2.96. The van der Waals surface area contributed by atoms with Crippen LogP contribution in [0.1, 0.15) is 5.56 Å². The van der Waals surface area contributed by atoms with Crippen LogP contribution in [0, 0.1) is 0 Å². The van der Waals surface area contributed by atoms with Gasteiger partial charge in [0.2, 0.25) is 0 Å². The maximum Gasteiger partial charge on any atom is 0.419 e. The highest BCUT2D eigenvalue weighted by atomic mass is 79.9. The fourth-order valence-corrected chi connectivity index (χ4v) is 0.799. The summed E-state index contributed by atoms with van der Waals surface area (Å²) in [5, 5.41) is 0. The van der Waals surface area contributed by atoms with Gasteiger partial charge < -0.3 is 4.42 Å². The number of furan rings is 1. The summed E-state index contributed by atoms with van der Waals surface area (Å²) in [6.45, 7) is 0. The molecule has 0 aromatic carbocycles. The summed E-state index contributed by atoms with van der Waals surface area (Å²) in [6, 6.07) is 0.875. The van der Waals surface area contributed by atoms with E-state index in [0.717, 1.165) is 6.07 Å². The van der Waals surface area contributed by atoms with E-state index < -0.39 is 11.7 Å². The van der Waals surface area contributed by atoms with Crippen molar-refractivity contribution < 1.29 is 17.6 Å².